The van der Waals surface area contributed by atoms with Gasteiger partial charge in [0.1, 0.15) is 0 Å². The maximum atomic E-state index is 12.2. The molecule has 0 radical (unpaired) electrons. The Morgan fingerprint density at radius 1 is 1.44 bits per heavy atom. The largest absolute Gasteiger partial charge is 0.341 e. The molecule has 1 amide bonds. The molecule has 0 aromatic heterocycles. The lowest BCUT2D eigenvalue weighted by Gasteiger charge is -2.32. The summed E-state index contributed by atoms with van der Waals surface area (Å²) in [6.45, 7) is 9.94. The number of amides is 1. The van der Waals surface area contributed by atoms with Crippen LogP contribution in [0.3, 0.4) is 0 Å². The van der Waals surface area contributed by atoms with Crippen LogP contribution in [0.5, 0.6) is 0 Å². The molecule has 2 N–H and O–H groups in total. The lowest BCUT2D eigenvalue weighted by Crippen LogP contribution is -2.51. The monoisotopic (exact) mass is 226 g/mol. The normalized spacial score (nSPS) is 18.3. The second-order valence-corrected chi connectivity index (χ2v) is 6.07. The number of nitrogens with zero attached hydrogens (tertiary/aromatic N) is 1. The average molecular weight is 226 g/mol. The molecule has 0 aromatic rings. The molecule has 1 atom stereocenters. The molecule has 3 nitrogen and oxygen atoms in total. The van der Waals surface area contributed by atoms with E-state index in [2.05, 4.69) is 6.92 Å². The van der Waals surface area contributed by atoms with Gasteiger partial charge in [0.05, 0.1) is 6.04 Å². The van der Waals surface area contributed by atoms with Gasteiger partial charge in [-0.05, 0) is 30.6 Å². The maximum absolute atomic E-state index is 12.2. The fraction of sp³-hybridized carbons (Fsp3) is 0.923. The van der Waals surface area contributed by atoms with E-state index in [1.54, 1.807) is 0 Å². The van der Waals surface area contributed by atoms with E-state index in [1.165, 1.54) is 12.8 Å². The van der Waals surface area contributed by atoms with Crippen LogP contribution in [0.2, 0.25) is 0 Å². The molecular weight excluding hydrogens is 200 g/mol. The van der Waals surface area contributed by atoms with E-state index in [0.29, 0.717) is 0 Å². The number of hydrogen-bond acceptors (Lipinski definition) is 2. The summed E-state index contributed by atoms with van der Waals surface area (Å²) in [7, 11) is 0. The Bertz CT molecular complexity index is 241. The van der Waals surface area contributed by atoms with Crippen molar-refractivity contribution < 1.29 is 4.79 Å². The van der Waals surface area contributed by atoms with Gasteiger partial charge in [-0.25, -0.2) is 0 Å². The summed E-state index contributed by atoms with van der Waals surface area (Å²) >= 11 is 0. The zero-order valence-electron chi connectivity index (χ0n) is 11.1. The van der Waals surface area contributed by atoms with Gasteiger partial charge < -0.3 is 10.6 Å². The maximum Gasteiger partial charge on any atom is 0.240 e. The minimum Gasteiger partial charge on any atom is -0.341 e. The highest BCUT2D eigenvalue weighted by Gasteiger charge is 2.33. The summed E-state index contributed by atoms with van der Waals surface area (Å²) < 4.78 is 0. The van der Waals surface area contributed by atoms with Gasteiger partial charge in [-0.2, -0.15) is 0 Å². The van der Waals surface area contributed by atoms with Crippen LogP contribution in [0.15, 0.2) is 0 Å². The van der Waals surface area contributed by atoms with Crippen molar-refractivity contribution in [3.8, 4) is 0 Å². The third-order valence-corrected chi connectivity index (χ3v) is 3.18. The average Bonchev–Trinajstić information content (AvgIpc) is 2.97. The van der Waals surface area contributed by atoms with E-state index in [0.717, 1.165) is 25.4 Å². The van der Waals surface area contributed by atoms with E-state index in [9.17, 15) is 4.79 Å². The SMILES string of the molecule is CCCN(CC1CC1)C(=O)[C@@H](N)C(C)(C)C. The zero-order chi connectivity index (χ0) is 12.3. The van der Waals surface area contributed by atoms with Gasteiger partial charge in [0.2, 0.25) is 5.91 Å². The number of carbonyl (C=O) groups excluding carboxylic acids is 1. The molecule has 3 heteroatoms. The molecule has 16 heavy (non-hydrogen) atoms. The zero-order valence-corrected chi connectivity index (χ0v) is 11.1. The fourth-order valence-corrected chi connectivity index (χ4v) is 1.74. The van der Waals surface area contributed by atoms with E-state index < -0.39 is 0 Å². The number of carbonyl (C=O) groups is 1. The van der Waals surface area contributed by atoms with Gasteiger partial charge in [0, 0.05) is 13.1 Å². The van der Waals surface area contributed by atoms with Gasteiger partial charge in [0.15, 0.2) is 0 Å². The molecule has 0 aromatic carbocycles. The van der Waals surface area contributed by atoms with Crippen LogP contribution in [-0.2, 0) is 4.79 Å². The summed E-state index contributed by atoms with van der Waals surface area (Å²) in [6.07, 6.45) is 3.56. The van der Waals surface area contributed by atoms with Crippen LogP contribution in [0, 0.1) is 11.3 Å². The second kappa shape index (κ2) is 5.17. The molecule has 0 unspecified atom stereocenters. The lowest BCUT2D eigenvalue weighted by atomic mass is 9.86. The molecule has 1 aliphatic rings. The van der Waals surface area contributed by atoms with Crippen molar-refractivity contribution in [3.63, 3.8) is 0 Å². The number of nitrogens with two attached hydrogens (primary N) is 1. The van der Waals surface area contributed by atoms with Crippen molar-refractivity contribution in [1.82, 2.24) is 4.90 Å². The van der Waals surface area contributed by atoms with Crippen LogP contribution < -0.4 is 5.73 Å². The first-order valence-corrected chi connectivity index (χ1v) is 6.40. The van der Waals surface area contributed by atoms with Crippen molar-refractivity contribution in [2.24, 2.45) is 17.1 Å². The molecular formula is C13H26N2O. The van der Waals surface area contributed by atoms with E-state index in [1.807, 2.05) is 25.7 Å². The predicted molar refractivity (Wildman–Crippen MR) is 67.0 cm³/mol. The Morgan fingerprint density at radius 2 is 2.00 bits per heavy atom. The molecule has 0 saturated heterocycles. The highest BCUT2D eigenvalue weighted by Crippen LogP contribution is 2.30. The molecule has 0 spiro atoms. The molecule has 94 valence electrons. The Kier molecular flexibility index (Phi) is 4.36. The highest BCUT2D eigenvalue weighted by molar-refractivity contribution is 5.82. The summed E-state index contributed by atoms with van der Waals surface area (Å²) in [5, 5.41) is 0. The van der Waals surface area contributed by atoms with Crippen molar-refractivity contribution in [3.05, 3.63) is 0 Å². The van der Waals surface area contributed by atoms with Gasteiger partial charge in [0.25, 0.3) is 0 Å². The molecule has 0 heterocycles. The summed E-state index contributed by atoms with van der Waals surface area (Å²) in [5.41, 5.74) is 5.88. The van der Waals surface area contributed by atoms with Crippen molar-refractivity contribution in [2.75, 3.05) is 13.1 Å². The third-order valence-electron chi connectivity index (χ3n) is 3.18. The molecule has 1 fully saturated rings. The third kappa shape index (κ3) is 3.78. The van der Waals surface area contributed by atoms with Crippen molar-refractivity contribution in [1.29, 1.82) is 0 Å². The van der Waals surface area contributed by atoms with Gasteiger partial charge in [-0.1, -0.05) is 27.7 Å². The smallest absolute Gasteiger partial charge is 0.240 e. The summed E-state index contributed by atoms with van der Waals surface area (Å²) in [6, 6.07) is -0.377. The van der Waals surface area contributed by atoms with E-state index in [-0.39, 0.29) is 17.4 Å². The number of rotatable bonds is 5. The molecule has 0 aliphatic heterocycles. The predicted octanol–water partition coefficient (Wildman–Crippen LogP) is 2.01. The highest BCUT2D eigenvalue weighted by atomic mass is 16.2. The van der Waals surface area contributed by atoms with Crippen LogP contribution in [0.25, 0.3) is 0 Å². The summed E-state index contributed by atoms with van der Waals surface area (Å²) in [4.78, 5) is 14.2. The first kappa shape index (κ1) is 13.5. The number of hydrogen-bond donors (Lipinski definition) is 1. The fourth-order valence-electron chi connectivity index (χ4n) is 1.74. The van der Waals surface area contributed by atoms with Crippen LogP contribution in [0.1, 0.15) is 47.0 Å². The quantitative estimate of drug-likeness (QED) is 0.779. The van der Waals surface area contributed by atoms with Crippen molar-refractivity contribution in [2.45, 2.75) is 53.0 Å². The van der Waals surface area contributed by atoms with Gasteiger partial charge in [-0.15, -0.1) is 0 Å². The first-order chi connectivity index (χ1) is 7.36. The molecule has 1 aliphatic carbocycles. The molecule has 1 saturated carbocycles. The van der Waals surface area contributed by atoms with E-state index in [4.69, 9.17) is 5.73 Å². The topological polar surface area (TPSA) is 46.3 Å². The Balaban J connectivity index is 2.57. The van der Waals surface area contributed by atoms with Gasteiger partial charge >= 0.3 is 0 Å². The van der Waals surface area contributed by atoms with Crippen LogP contribution >= 0.6 is 0 Å². The first-order valence-electron chi connectivity index (χ1n) is 6.40. The standard InChI is InChI=1S/C13H26N2O/c1-5-8-15(9-10-6-7-10)12(16)11(14)13(2,3)4/h10-11H,5-9,14H2,1-4H3/t11-/m1/s1. The van der Waals surface area contributed by atoms with Crippen molar-refractivity contribution >= 4 is 5.91 Å². The van der Waals surface area contributed by atoms with Gasteiger partial charge in [-0.3, -0.25) is 4.79 Å². The van der Waals surface area contributed by atoms with E-state index >= 15 is 0 Å². The Labute approximate surface area is 99.4 Å². The minimum absolute atomic E-state index is 0.126. The molecule has 0 bridgehead atoms. The van der Waals surface area contributed by atoms with Crippen LogP contribution in [-0.4, -0.2) is 29.9 Å². The lowest BCUT2D eigenvalue weighted by molar-refractivity contribution is -0.135. The Morgan fingerprint density at radius 3 is 2.38 bits per heavy atom. The minimum atomic E-state index is -0.377. The van der Waals surface area contributed by atoms with Crippen LogP contribution in [0.4, 0.5) is 0 Å². The second-order valence-electron chi connectivity index (χ2n) is 6.07. The Hall–Kier alpha value is -0.570. The molecule has 1 rings (SSSR count). The summed E-state index contributed by atoms with van der Waals surface area (Å²) in [5.74, 6) is 0.865.